The van der Waals surface area contributed by atoms with E-state index in [0.29, 0.717) is 6.42 Å². The Bertz CT molecular complexity index is 308. The molecule has 0 aromatic carbocycles. The number of carbonyl (C=O) groups is 2. The Balaban J connectivity index is 3.94. The Morgan fingerprint density at radius 1 is 1.43 bits per heavy atom. The predicted octanol–water partition coefficient (Wildman–Crippen LogP) is -0.751. The summed E-state index contributed by atoms with van der Waals surface area (Å²) in [5.41, 5.74) is 0. The van der Waals surface area contributed by atoms with Gasteiger partial charge in [-0.1, -0.05) is 6.92 Å². The lowest BCUT2D eigenvalue weighted by atomic mass is 10.5. The second-order valence-corrected chi connectivity index (χ2v) is 4.25. The molecule has 0 rings (SSSR count). The molecule has 0 radical (unpaired) electrons. The first-order valence-corrected chi connectivity index (χ1v) is 5.43. The third-order valence-electron chi connectivity index (χ3n) is 1.05. The molecule has 0 aliphatic heterocycles. The van der Waals surface area contributed by atoms with Crippen LogP contribution in [0.5, 0.6) is 0 Å². The second kappa shape index (κ2) is 5.55. The molecule has 0 saturated carbocycles. The van der Waals surface area contributed by atoms with E-state index in [1.807, 2.05) is 0 Å². The molecule has 2 N–H and O–H groups in total. The summed E-state index contributed by atoms with van der Waals surface area (Å²) in [5, 5.41) is 8.14. The first-order valence-electron chi connectivity index (χ1n) is 3.78. The average Bonchev–Trinajstić information content (AvgIpc) is 2.00. The van der Waals surface area contributed by atoms with Gasteiger partial charge in [-0.05, 0) is 11.3 Å². The topological polar surface area (TPSA) is 110 Å². The molecule has 0 fully saturated rings. The molecule has 0 atom stereocenters. The lowest BCUT2D eigenvalue weighted by molar-refractivity contribution is -0.153. The highest BCUT2D eigenvalue weighted by Gasteiger charge is 2.14. The number of carbonyl (C=O) groups excluding carboxylic acids is 1. The van der Waals surface area contributed by atoms with Crippen LogP contribution in [0.3, 0.4) is 0 Å². The zero-order chi connectivity index (χ0) is 11.2. The maximum Gasteiger partial charge on any atom is 0.337 e. The first kappa shape index (κ1) is 12.8. The van der Waals surface area contributed by atoms with E-state index in [2.05, 4.69) is 4.84 Å². The van der Waals surface area contributed by atoms with E-state index in [0.717, 1.165) is 0 Å². The van der Waals surface area contributed by atoms with Gasteiger partial charge in [0, 0.05) is 0 Å². The minimum atomic E-state index is -3.65. The number of hydrogen-bond acceptors (Lipinski definition) is 5. The summed E-state index contributed by atoms with van der Waals surface area (Å²) in [6.07, 6.45) is -0.513. The average molecular weight is 225 g/mol. The van der Waals surface area contributed by atoms with Crippen LogP contribution in [0.15, 0.2) is 0 Å². The van der Waals surface area contributed by atoms with Gasteiger partial charge in [0.1, 0.15) is 6.42 Å². The maximum absolute atomic E-state index is 10.9. The highest BCUT2D eigenvalue weighted by Crippen LogP contribution is 1.90. The van der Waals surface area contributed by atoms with E-state index in [1.165, 1.54) is 4.89 Å². The van der Waals surface area contributed by atoms with Crippen molar-refractivity contribution in [1.29, 1.82) is 0 Å². The Morgan fingerprint density at radius 3 is 2.43 bits per heavy atom. The molecule has 0 bridgehead atoms. The van der Waals surface area contributed by atoms with Crippen LogP contribution < -0.4 is 4.89 Å². The van der Waals surface area contributed by atoms with Gasteiger partial charge in [0.25, 0.3) is 0 Å². The Hall–Kier alpha value is -1.15. The van der Waals surface area contributed by atoms with Crippen LogP contribution >= 0.6 is 0 Å². The van der Waals surface area contributed by atoms with E-state index in [4.69, 9.17) is 5.11 Å². The molecule has 0 saturated heterocycles. The summed E-state index contributed by atoms with van der Waals surface area (Å²) < 4.78 is 21.8. The van der Waals surface area contributed by atoms with Gasteiger partial charge in [-0.2, -0.15) is 0 Å². The molecule has 0 heterocycles. The van der Waals surface area contributed by atoms with E-state index in [-0.39, 0.29) is 5.75 Å². The molecular weight excluding hydrogens is 214 g/mol. The number of hydrogen-bond donors (Lipinski definition) is 2. The first-order chi connectivity index (χ1) is 6.37. The molecule has 14 heavy (non-hydrogen) atoms. The van der Waals surface area contributed by atoms with E-state index >= 15 is 0 Å². The van der Waals surface area contributed by atoms with Crippen LogP contribution in [-0.2, 0) is 24.4 Å². The number of carboxylic acid groups (broad SMARTS) is 1. The standard InChI is InChI=1S/C6H11NO6S/c1-2-3-14(11,12)7-13-6(10)4-5(8)9/h7H,2-4H2,1H3,(H,8,9). The summed E-state index contributed by atoms with van der Waals surface area (Å²) in [4.78, 5) is 26.1. The summed E-state index contributed by atoms with van der Waals surface area (Å²) in [6, 6.07) is 0. The van der Waals surface area contributed by atoms with Crippen LogP contribution in [0.1, 0.15) is 19.8 Å². The number of aliphatic carboxylic acids is 1. The zero-order valence-electron chi connectivity index (χ0n) is 7.52. The Kier molecular flexibility index (Phi) is 5.10. The fourth-order valence-electron chi connectivity index (χ4n) is 0.580. The van der Waals surface area contributed by atoms with Gasteiger partial charge < -0.3 is 9.94 Å². The van der Waals surface area contributed by atoms with Crippen LogP contribution in [-0.4, -0.2) is 31.2 Å². The van der Waals surface area contributed by atoms with Crippen molar-refractivity contribution in [2.75, 3.05) is 5.75 Å². The van der Waals surface area contributed by atoms with Gasteiger partial charge >= 0.3 is 11.9 Å². The molecule has 0 spiro atoms. The fourth-order valence-corrected chi connectivity index (χ4v) is 1.42. The van der Waals surface area contributed by atoms with Crippen molar-refractivity contribution in [1.82, 2.24) is 4.89 Å². The number of nitrogens with one attached hydrogen (secondary N) is 1. The normalized spacial score (nSPS) is 10.9. The lowest BCUT2D eigenvalue weighted by Crippen LogP contribution is -2.29. The number of sulfonamides is 1. The minimum Gasteiger partial charge on any atom is -0.481 e. The zero-order valence-corrected chi connectivity index (χ0v) is 8.33. The van der Waals surface area contributed by atoms with Gasteiger partial charge in [-0.15, -0.1) is 0 Å². The SMILES string of the molecule is CCCS(=O)(=O)NOC(=O)CC(=O)O. The van der Waals surface area contributed by atoms with Gasteiger partial charge in [-0.25, -0.2) is 13.2 Å². The van der Waals surface area contributed by atoms with Crippen molar-refractivity contribution < 1.29 is 28.0 Å². The molecule has 82 valence electrons. The second-order valence-electron chi connectivity index (χ2n) is 2.45. The molecule has 0 amide bonds. The number of carboxylic acids is 1. The summed E-state index contributed by atoms with van der Waals surface area (Å²) in [7, 11) is -3.65. The van der Waals surface area contributed by atoms with Gasteiger partial charge in [0.2, 0.25) is 10.0 Å². The van der Waals surface area contributed by atoms with Gasteiger partial charge in [-0.3, -0.25) is 4.79 Å². The summed E-state index contributed by atoms with van der Waals surface area (Å²) in [6.45, 7) is 1.64. The number of rotatable bonds is 6. The molecule has 0 aliphatic carbocycles. The summed E-state index contributed by atoms with van der Waals surface area (Å²) >= 11 is 0. The molecule has 7 nitrogen and oxygen atoms in total. The molecule has 0 aromatic rings. The third kappa shape index (κ3) is 6.38. The van der Waals surface area contributed by atoms with Crippen LogP contribution in [0, 0.1) is 0 Å². The monoisotopic (exact) mass is 225 g/mol. The van der Waals surface area contributed by atoms with Crippen molar-refractivity contribution in [3.63, 3.8) is 0 Å². The van der Waals surface area contributed by atoms with E-state index in [1.54, 1.807) is 6.92 Å². The minimum absolute atomic E-state index is 0.187. The molecular formula is C6H11NO6S. The van der Waals surface area contributed by atoms with E-state index < -0.39 is 28.4 Å². The van der Waals surface area contributed by atoms with Crippen LogP contribution in [0.4, 0.5) is 0 Å². The van der Waals surface area contributed by atoms with Crippen molar-refractivity contribution >= 4 is 22.0 Å². The molecule has 0 aromatic heterocycles. The van der Waals surface area contributed by atoms with E-state index in [9.17, 15) is 18.0 Å². The predicted molar refractivity (Wildman–Crippen MR) is 45.6 cm³/mol. The van der Waals surface area contributed by atoms with Gasteiger partial charge in [0.05, 0.1) is 5.75 Å². The van der Waals surface area contributed by atoms with Crippen LogP contribution in [0.2, 0.25) is 0 Å². The van der Waals surface area contributed by atoms with Gasteiger partial charge in [0.15, 0.2) is 0 Å². The molecule has 0 aliphatic rings. The van der Waals surface area contributed by atoms with Crippen molar-refractivity contribution in [3.8, 4) is 0 Å². The largest absolute Gasteiger partial charge is 0.481 e. The maximum atomic E-state index is 10.9. The fraction of sp³-hybridized carbons (Fsp3) is 0.667. The molecule has 0 unspecified atom stereocenters. The highest BCUT2D eigenvalue weighted by molar-refractivity contribution is 7.89. The smallest absolute Gasteiger partial charge is 0.337 e. The van der Waals surface area contributed by atoms with Crippen molar-refractivity contribution in [2.45, 2.75) is 19.8 Å². The van der Waals surface area contributed by atoms with Crippen molar-refractivity contribution in [3.05, 3.63) is 0 Å². The lowest BCUT2D eigenvalue weighted by Gasteiger charge is -2.04. The van der Waals surface area contributed by atoms with Crippen molar-refractivity contribution in [2.24, 2.45) is 0 Å². The van der Waals surface area contributed by atoms with Crippen LogP contribution in [0.25, 0.3) is 0 Å². The molecule has 8 heteroatoms. The Labute approximate surface area is 81.1 Å². The third-order valence-corrected chi connectivity index (χ3v) is 2.33. The quantitative estimate of drug-likeness (QED) is 0.454. The summed E-state index contributed by atoms with van der Waals surface area (Å²) in [5.74, 6) is -2.73. The highest BCUT2D eigenvalue weighted by atomic mass is 32.2. The Morgan fingerprint density at radius 2 is 2.00 bits per heavy atom.